The van der Waals surface area contributed by atoms with Crippen LogP contribution in [0.15, 0.2) is 30.7 Å². The van der Waals surface area contributed by atoms with Crippen LogP contribution in [-0.4, -0.2) is 56.9 Å². The smallest absolute Gasteiger partial charge is 0.263 e. The first-order valence-corrected chi connectivity index (χ1v) is 11.8. The lowest BCUT2D eigenvalue weighted by Crippen LogP contribution is -2.32. The normalized spacial score (nSPS) is 14.7. The molecular formula is C24H32N8OS. The summed E-state index contributed by atoms with van der Waals surface area (Å²) in [5.74, 6) is 1.12. The number of anilines is 1. The maximum Gasteiger partial charge on any atom is 0.263 e. The number of hydrogen-bond acceptors (Lipinski definition) is 7. The number of rotatable bonds is 6. The van der Waals surface area contributed by atoms with Gasteiger partial charge in [-0.1, -0.05) is 0 Å². The third-order valence-corrected chi connectivity index (χ3v) is 6.61. The Morgan fingerprint density at radius 2 is 1.91 bits per heavy atom. The fourth-order valence-electron chi connectivity index (χ4n) is 4.22. The van der Waals surface area contributed by atoms with Crippen molar-refractivity contribution in [1.82, 2.24) is 35.3 Å². The molecule has 0 bridgehead atoms. The van der Waals surface area contributed by atoms with Crippen molar-refractivity contribution in [2.45, 2.75) is 39.3 Å². The number of nitrogens with one attached hydrogen (secondary N) is 2. The number of hydrogen-bond donors (Lipinski definition) is 3. The van der Waals surface area contributed by atoms with Crippen LogP contribution >= 0.6 is 12.2 Å². The van der Waals surface area contributed by atoms with Crippen molar-refractivity contribution in [2.75, 3.05) is 32.9 Å². The second-order valence-corrected chi connectivity index (χ2v) is 9.17. The van der Waals surface area contributed by atoms with Gasteiger partial charge in [-0.2, -0.15) is 5.10 Å². The zero-order valence-electron chi connectivity index (χ0n) is 20.1. The van der Waals surface area contributed by atoms with Crippen LogP contribution in [-0.2, 0) is 6.54 Å². The number of benzene rings is 1. The SMILES string of the molecule is CNC(=S)NCc1c(C)cc(-c2cnc(N)c(Oc3cnn(C4CCN(C)CC4)c3)n2)cc1C. The average Bonchev–Trinajstić information content (AvgIpc) is 3.28. The molecule has 1 saturated heterocycles. The van der Waals surface area contributed by atoms with Gasteiger partial charge in [0.1, 0.15) is 0 Å². The Labute approximate surface area is 205 Å². The lowest BCUT2D eigenvalue weighted by Gasteiger charge is -2.28. The number of nitrogen functional groups attached to an aromatic ring is 1. The Hall–Kier alpha value is -3.24. The highest BCUT2D eigenvalue weighted by Crippen LogP contribution is 2.30. The van der Waals surface area contributed by atoms with E-state index >= 15 is 0 Å². The molecule has 3 aromatic rings. The number of likely N-dealkylation sites (tertiary alicyclic amines) is 1. The predicted molar refractivity (Wildman–Crippen MR) is 138 cm³/mol. The summed E-state index contributed by atoms with van der Waals surface area (Å²) in [5.41, 5.74) is 11.2. The van der Waals surface area contributed by atoms with E-state index in [0.29, 0.717) is 29.1 Å². The molecule has 3 heterocycles. The molecule has 4 N–H and O–H groups in total. The number of ether oxygens (including phenoxy) is 1. The van der Waals surface area contributed by atoms with Crippen LogP contribution in [0, 0.1) is 13.8 Å². The first-order valence-electron chi connectivity index (χ1n) is 11.4. The summed E-state index contributed by atoms with van der Waals surface area (Å²) in [6.07, 6.45) is 7.43. The van der Waals surface area contributed by atoms with Crippen molar-refractivity contribution >= 4 is 23.1 Å². The van der Waals surface area contributed by atoms with Gasteiger partial charge in [-0.25, -0.2) is 9.97 Å². The molecule has 0 radical (unpaired) electrons. The van der Waals surface area contributed by atoms with Gasteiger partial charge in [-0.05, 0) is 87.9 Å². The van der Waals surface area contributed by atoms with Gasteiger partial charge in [0.25, 0.3) is 5.88 Å². The molecule has 0 spiro atoms. The largest absolute Gasteiger partial charge is 0.433 e. The lowest BCUT2D eigenvalue weighted by atomic mass is 9.98. The van der Waals surface area contributed by atoms with E-state index in [-0.39, 0.29) is 11.7 Å². The van der Waals surface area contributed by atoms with Crippen LogP contribution < -0.4 is 21.1 Å². The van der Waals surface area contributed by atoms with E-state index in [4.69, 9.17) is 22.7 Å². The molecule has 1 aliphatic rings. The molecule has 4 rings (SSSR count). The number of nitrogens with two attached hydrogens (primary N) is 1. The molecule has 180 valence electrons. The maximum atomic E-state index is 6.09. The second-order valence-electron chi connectivity index (χ2n) is 8.76. The van der Waals surface area contributed by atoms with Crippen LogP contribution in [0.1, 0.15) is 35.6 Å². The van der Waals surface area contributed by atoms with Crippen molar-refractivity contribution in [2.24, 2.45) is 0 Å². The van der Waals surface area contributed by atoms with Gasteiger partial charge in [-0.15, -0.1) is 0 Å². The number of piperidine rings is 1. The monoisotopic (exact) mass is 480 g/mol. The Morgan fingerprint density at radius 1 is 1.21 bits per heavy atom. The van der Waals surface area contributed by atoms with E-state index < -0.39 is 0 Å². The van der Waals surface area contributed by atoms with Crippen LogP contribution in [0.4, 0.5) is 5.82 Å². The molecule has 0 aliphatic carbocycles. The van der Waals surface area contributed by atoms with Gasteiger partial charge in [-0.3, -0.25) is 4.68 Å². The summed E-state index contributed by atoms with van der Waals surface area (Å²) in [6.45, 7) is 6.94. The van der Waals surface area contributed by atoms with Gasteiger partial charge in [0.05, 0.1) is 30.3 Å². The molecule has 10 heteroatoms. The van der Waals surface area contributed by atoms with E-state index in [1.165, 1.54) is 5.56 Å². The molecule has 0 amide bonds. The minimum Gasteiger partial charge on any atom is -0.433 e. The number of aryl methyl sites for hydroxylation is 2. The molecule has 2 aromatic heterocycles. The number of thiocarbonyl (C=S) groups is 1. The Morgan fingerprint density at radius 3 is 2.59 bits per heavy atom. The van der Waals surface area contributed by atoms with Gasteiger partial charge in [0.15, 0.2) is 16.7 Å². The van der Waals surface area contributed by atoms with E-state index in [0.717, 1.165) is 42.6 Å². The molecule has 1 aliphatic heterocycles. The molecule has 0 saturated carbocycles. The third-order valence-electron chi connectivity index (χ3n) is 6.27. The second kappa shape index (κ2) is 10.4. The first-order chi connectivity index (χ1) is 16.3. The van der Waals surface area contributed by atoms with Crippen LogP contribution in [0.2, 0.25) is 0 Å². The molecule has 9 nitrogen and oxygen atoms in total. The van der Waals surface area contributed by atoms with E-state index in [2.05, 4.69) is 63.6 Å². The fraction of sp³-hybridized carbons (Fsp3) is 0.417. The van der Waals surface area contributed by atoms with E-state index in [1.54, 1.807) is 19.4 Å². The third kappa shape index (κ3) is 5.45. The summed E-state index contributed by atoms with van der Waals surface area (Å²) in [5, 5.41) is 11.3. The van der Waals surface area contributed by atoms with Gasteiger partial charge < -0.3 is 26.0 Å². The zero-order chi connectivity index (χ0) is 24.2. The Balaban J connectivity index is 1.52. The highest BCUT2D eigenvalue weighted by Gasteiger charge is 2.20. The van der Waals surface area contributed by atoms with E-state index in [9.17, 15) is 0 Å². The number of nitrogens with zero attached hydrogens (tertiary/aromatic N) is 5. The molecule has 0 unspecified atom stereocenters. The summed E-state index contributed by atoms with van der Waals surface area (Å²) in [4.78, 5) is 11.3. The average molecular weight is 481 g/mol. The summed E-state index contributed by atoms with van der Waals surface area (Å²) < 4.78 is 7.98. The maximum absolute atomic E-state index is 6.09. The van der Waals surface area contributed by atoms with Crippen molar-refractivity contribution in [3.8, 4) is 22.9 Å². The van der Waals surface area contributed by atoms with Crippen molar-refractivity contribution in [1.29, 1.82) is 0 Å². The highest BCUT2D eigenvalue weighted by molar-refractivity contribution is 7.80. The summed E-state index contributed by atoms with van der Waals surface area (Å²) in [6, 6.07) is 4.56. The predicted octanol–water partition coefficient (Wildman–Crippen LogP) is 3.19. The van der Waals surface area contributed by atoms with Crippen LogP contribution in [0.3, 0.4) is 0 Å². The molecular weight excluding hydrogens is 448 g/mol. The van der Waals surface area contributed by atoms with Gasteiger partial charge in [0, 0.05) is 19.2 Å². The standard InChI is InChI=1S/C24H32N8OS/c1-15-9-17(10-16(2)20(15)12-28-24(34)26-3)21-13-27-22(25)23(30-21)33-19-11-29-32(14-19)18-5-7-31(4)8-6-18/h9-11,13-14,18H,5-8,12H2,1-4H3,(H2,25,27)(H2,26,28,34). The lowest BCUT2D eigenvalue weighted by molar-refractivity contribution is 0.212. The summed E-state index contributed by atoms with van der Waals surface area (Å²) in [7, 11) is 3.95. The highest BCUT2D eigenvalue weighted by atomic mass is 32.1. The minimum absolute atomic E-state index is 0.241. The topological polar surface area (TPSA) is 106 Å². The molecule has 34 heavy (non-hydrogen) atoms. The molecule has 0 atom stereocenters. The molecule has 1 fully saturated rings. The summed E-state index contributed by atoms with van der Waals surface area (Å²) >= 11 is 5.19. The quantitative estimate of drug-likeness (QED) is 0.459. The first kappa shape index (κ1) is 23.9. The van der Waals surface area contributed by atoms with E-state index in [1.807, 2.05) is 10.9 Å². The Bertz CT molecular complexity index is 1150. The van der Waals surface area contributed by atoms with Crippen LogP contribution in [0.25, 0.3) is 11.3 Å². The van der Waals surface area contributed by atoms with Crippen molar-refractivity contribution in [3.05, 3.63) is 47.4 Å². The van der Waals surface area contributed by atoms with Crippen LogP contribution in [0.5, 0.6) is 11.6 Å². The number of aromatic nitrogens is 4. The van der Waals surface area contributed by atoms with Gasteiger partial charge >= 0.3 is 0 Å². The van der Waals surface area contributed by atoms with Crippen molar-refractivity contribution in [3.63, 3.8) is 0 Å². The fourth-order valence-corrected chi connectivity index (χ4v) is 4.29. The van der Waals surface area contributed by atoms with Gasteiger partial charge in [0.2, 0.25) is 0 Å². The zero-order valence-corrected chi connectivity index (χ0v) is 20.9. The Kier molecular flexibility index (Phi) is 7.28. The molecule has 1 aromatic carbocycles. The van der Waals surface area contributed by atoms with Crippen molar-refractivity contribution < 1.29 is 4.74 Å². The minimum atomic E-state index is 0.241.